The van der Waals surface area contributed by atoms with Gasteiger partial charge >= 0.3 is 0 Å². The molecule has 86 valence electrons. The van der Waals surface area contributed by atoms with Crippen LogP contribution in [0.5, 0.6) is 0 Å². The minimum Gasteiger partial charge on any atom is -0.393 e. The van der Waals surface area contributed by atoms with E-state index in [2.05, 4.69) is 34.6 Å². The maximum Gasteiger partial charge on any atom is 0.0593 e. The molecule has 0 heterocycles. The van der Waals surface area contributed by atoms with Crippen molar-refractivity contribution in [2.45, 2.75) is 72.8 Å². The zero-order valence-electron chi connectivity index (χ0n) is 10.6. The molecule has 1 N–H and O–H groups in total. The lowest BCUT2D eigenvalue weighted by atomic mass is 9.77. The summed E-state index contributed by atoms with van der Waals surface area (Å²) < 4.78 is 0. The van der Waals surface area contributed by atoms with Crippen LogP contribution in [0.3, 0.4) is 0 Å². The number of aliphatic hydroxyl groups excluding tert-OH is 1. The van der Waals surface area contributed by atoms with E-state index >= 15 is 0 Å². The van der Waals surface area contributed by atoms with Crippen LogP contribution in [0.4, 0.5) is 0 Å². The fraction of sp³-hybridized carbons (Fsp3) is 1.00. The van der Waals surface area contributed by atoms with Crippen LogP contribution in [0.2, 0.25) is 0 Å². The number of aliphatic hydroxyl groups is 1. The Kier molecular flexibility index (Phi) is 6.43. The lowest BCUT2D eigenvalue weighted by molar-refractivity contribution is 0.0223. The van der Waals surface area contributed by atoms with E-state index in [1.807, 2.05) is 0 Å². The van der Waals surface area contributed by atoms with Gasteiger partial charge in [-0.1, -0.05) is 47.5 Å². The van der Waals surface area contributed by atoms with Gasteiger partial charge < -0.3 is 5.11 Å². The maximum absolute atomic E-state index is 10.1. The lowest BCUT2D eigenvalue weighted by Crippen LogP contribution is -2.31. The Hall–Kier alpha value is -0.0400. The van der Waals surface area contributed by atoms with Crippen molar-refractivity contribution in [1.82, 2.24) is 0 Å². The van der Waals surface area contributed by atoms with E-state index in [4.69, 9.17) is 0 Å². The quantitative estimate of drug-likeness (QED) is 0.658. The first-order valence-corrected chi connectivity index (χ1v) is 6.14. The summed E-state index contributed by atoms with van der Waals surface area (Å²) in [5, 5.41) is 10.1. The van der Waals surface area contributed by atoms with E-state index in [1.165, 1.54) is 6.42 Å². The normalized spacial score (nSPS) is 14.8. The molecule has 0 aromatic carbocycles. The van der Waals surface area contributed by atoms with Gasteiger partial charge in [0.25, 0.3) is 0 Å². The largest absolute Gasteiger partial charge is 0.393 e. The predicted molar refractivity (Wildman–Crippen MR) is 63.4 cm³/mol. The highest BCUT2D eigenvalue weighted by atomic mass is 16.3. The van der Waals surface area contributed by atoms with E-state index in [-0.39, 0.29) is 11.5 Å². The van der Waals surface area contributed by atoms with Gasteiger partial charge in [-0.05, 0) is 30.6 Å². The van der Waals surface area contributed by atoms with Crippen molar-refractivity contribution in [3.63, 3.8) is 0 Å². The molecule has 1 unspecified atom stereocenters. The Labute approximate surface area is 89.9 Å². The van der Waals surface area contributed by atoms with Crippen LogP contribution in [0, 0.1) is 11.3 Å². The summed E-state index contributed by atoms with van der Waals surface area (Å²) in [7, 11) is 0. The number of hydrogen-bond donors (Lipinski definition) is 1. The zero-order chi connectivity index (χ0) is 11.2. The second-order valence-corrected chi connectivity index (χ2v) is 5.20. The molecule has 0 amide bonds. The first-order chi connectivity index (χ1) is 6.46. The van der Waals surface area contributed by atoms with Crippen LogP contribution >= 0.6 is 0 Å². The van der Waals surface area contributed by atoms with E-state index in [9.17, 15) is 5.11 Å². The molecule has 1 nitrogen and oxygen atoms in total. The minimum atomic E-state index is -0.115. The van der Waals surface area contributed by atoms with Crippen LogP contribution in [-0.2, 0) is 0 Å². The van der Waals surface area contributed by atoms with Gasteiger partial charge in [0, 0.05) is 0 Å². The third-order valence-electron chi connectivity index (χ3n) is 3.68. The molecule has 14 heavy (non-hydrogen) atoms. The van der Waals surface area contributed by atoms with Crippen molar-refractivity contribution in [2.75, 3.05) is 0 Å². The van der Waals surface area contributed by atoms with Gasteiger partial charge in [0.2, 0.25) is 0 Å². The molecule has 0 aromatic heterocycles. The molecule has 0 saturated carbocycles. The maximum atomic E-state index is 10.1. The first kappa shape index (κ1) is 14.0. The molecule has 0 aromatic rings. The van der Waals surface area contributed by atoms with E-state index in [1.54, 1.807) is 0 Å². The molecule has 0 fully saturated rings. The Morgan fingerprint density at radius 2 is 1.57 bits per heavy atom. The molecular formula is C13H28O. The minimum absolute atomic E-state index is 0.115. The summed E-state index contributed by atoms with van der Waals surface area (Å²) in [6, 6.07) is 0. The molecule has 0 radical (unpaired) electrons. The first-order valence-electron chi connectivity index (χ1n) is 6.14. The van der Waals surface area contributed by atoms with Gasteiger partial charge in [0.15, 0.2) is 0 Å². The summed E-state index contributed by atoms with van der Waals surface area (Å²) in [4.78, 5) is 0. The van der Waals surface area contributed by atoms with Crippen molar-refractivity contribution in [3.8, 4) is 0 Å². The molecular weight excluding hydrogens is 172 g/mol. The topological polar surface area (TPSA) is 20.2 Å². The zero-order valence-corrected chi connectivity index (χ0v) is 10.6. The van der Waals surface area contributed by atoms with E-state index in [0.29, 0.717) is 0 Å². The summed E-state index contributed by atoms with van der Waals surface area (Å²) >= 11 is 0. The van der Waals surface area contributed by atoms with Gasteiger partial charge in [0.05, 0.1) is 6.10 Å². The van der Waals surface area contributed by atoms with E-state index < -0.39 is 0 Å². The summed E-state index contributed by atoms with van der Waals surface area (Å²) in [6.07, 6.45) is 5.40. The highest BCUT2D eigenvalue weighted by Crippen LogP contribution is 2.32. The monoisotopic (exact) mass is 200 g/mol. The lowest BCUT2D eigenvalue weighted by Gasteiger charge is -2.32. The van der Waals surface area contributed by atoms with Crippen LogP contribution in [0.25, 0.3) is 0 Å². The van der Waals surface area contributed by atoms with E-state index in [0.717, 1.165) is 31.6 Å². The van der Waals surface area contributed by atoms with Gasteiger partial charge in [-0.2, -0.15) is 0 Å². The van der Waals surface area contributed by atoms with Crippen LogP contribution in [0.15, 0.2) is 0 Å². The van der Waals surface area contributed by atoms with Crippen molar-refractivity contribution in [1.29, 1.82) is 0 Å². The third kappa shape index (κ3) is 4.45. The highest BCUT2D eigenvalue weighted by Gasteiger charge is 2.28. The molecule has 0 spiro atoms. The number of rotatable bonds is 7. The fourth-order valence-electron chi connectivity index (χ4n) is 1.79. The smallest absolute Gasteiger partial charge is 0.0593 e. The van der Waals surface area contributed by atoms with Crippen LogP contribution in [0.1, 0.15) is 66.7 Å². The average molecular weight is 200 g/mol. The predicted octanol–water partition coefficient (Wildman–Crippen LogP) is 4.00. The molecule has 0 bridgehead atoms. The average Bonchev–Trinajstić information content (AvgIpc) is 2.15. The van der Waals surface area contributed by atoms with Crippen molar-refractivity contribution in [2.24, 2.45) is 11.3 Å². The standard InChI is InChI=1S/C13H28O/c1-6-13(5,7-2)12(14)10-8-9-11(3)4/h11-12,14H,6-10H2,1-5H3. The molecule has 0 aliphatic heterocycles. The second-order valence-electron chi connectivity index (χ2n) is 5.20. The van der Waals surface area contributed by atoms with Crippen LogP contribution in [-0.4, -0.2) is 11.2 Å². The Morgan fingerprint density at radius 3 is 1.93 bits per heavy atom. The number of hydrogen-bond acceptors (Lipinski definition) is 1. The van der Waals surface area contributed by atoms with Gasteiger partial charge in [-0.15, -0.1) is 0 Å². The molecule has 0 saturated heterocycles. The Balaban J connectivity index is 3.87. The van der Waals surface area contributed by atoms with Gasteiger partial charge in [-0.3, -0.25) is 0 Å². The molecule has 0 rings (SSSR count). The SMILES string of the molecule is CCC(C)(CC)C(O)CCCC(C)C. The summed E-state index contributed by atoms with van der Waals surface area (Å²) in [5.41, 5.74) is 0.136. The highest BCUT2D eigenvalue weighted by molar-refractivity contribution is 4.79. The Morgan fingerprint density at radius 1 is 1.07 bits per heavy atom. The van der Waals surface area contributed by atoms with Crippen LogP contribution < -0.4 is 0 Å². The molecule has 1 heteroatoms. The second kappa shape index (κ2) is 6.44. The van der Waals surface area contributed by atoms with Crippen molar-refractivity contribution < 1.29 is 5.11 Å². The van der Waals surface area contributed by atoms with Gasteiger partial charge in [-0.25, -0.2) is 0 Å². The molecule has 0 aliphatic carbocycles. The summed E-state index contributed by atoms with van der Waals surface area (Å²) in [6.45, 7) is 11.0. The fourth-order valence-corrected chi connectivity index (χ4v) is 1.79. The Bertz CT molecular complexity index is 136. The third-order valence-corrected chi connectivity index (χ3v) is 3.68. The van der Waals surface area contributed by atoms with Gasteiger partial charge in [0.1, 0.15) is 0 Å². The molecule has 0 aliphatic rings. The molecule has 1 atom stereocenters. The van der Waals surface area contributed by atoms with Crippen molar-refractivity contribution in [3.05, 3.63) is 0 Å². The van der Waals surface area contributed by atoms with Crippen molar-refractivity contribution >= 4 is 0 Å². The summed E-state index contributed by atoms with van der Waals surface area (Å²) in [5.74, 6) is 0.761.